The van der Waals surface area contributed by atoms with E-state index in [0.717, 1.165) is 44.2 Å². The standard InChI is InChI=1S/C12H19N3O3/c1-10-8-11(13-18-10)9-15-6-4-14(5-7-15)3-2-12(16)17/h8H,2-7,9H2,1H3,(H,16,17). The third-order valence-electron chi connectivity index (χ3n) is 3.17. The van der Waals surface area contributed by atoms with Gasteiger partial charge in [0.1, 0.15) is 5.76 Å². The summed E-state index contributed by atoms with van der Waals surface area (Å²) < 4.78 is 5.04. The monoisotopic (exact) mass is 253 g/mol. The summed E-state index contributed by atoms with van der Waals surface area (Å²) >= 11 is 0. The van der Waals surface area contributed by atoms with Crippen LogP contribution in [0.3, 0.4) is 0 Å². The molecule has 0 amide bonds. The highest BCUT2D eigenvalue weighted by molar-refractivity contribution is 5.66. The summed E-state index contributed by atoms with van der Waals surface area (Å²) in [5, 5.41) is 12.6. The molecule has 0 radical (unpaired) electrons. The van der Waals surface area contributed by atoms with E-state index in [9.17, 15) is 4.79 Å². The maximum atomic E-state index is 10.5. The summed E-state index contributed by atoms with van der Waals surface area (Å²) in [5.74, 6) is 0.112. The summed E-state index contributed by atoms with van der Waals surface area (Å²) in [6.07, 6.45) is 0.225. The Labute approximate surface area is 106 Å². The first-order chi connectivity index (χ1) is 8.63. The van der Waals surface area contributed by atoms with Gasteiger partial charge in [0.2, 0.25) is 0 Å². The van der Waals surface area contributed by atoms with E-state index in [4.69, 9.17) is 9.63 Å². The number of piperazine rings is 1. The maximum absolute atomic E-state index is 10.5. The van der Waals surface area contributed by atoms with Gasteiger partial charge in [0.15, 0.2) is 0 Å². The van der Waals surface area contributed by atoms with Crippen molar-refractivity contribution in [3.8, 4) is 0 Å². The summed E-state index contributed by atoms with van der Waals surface area (Å²) in [6, 6.07) is 1.96. The Hall–Kier alpha value is -1.40. The van der Waals surface area contributed by atoms with Gasteiger partial charge in [-0.3, -0.25) is 9.69 Å². The van der Waals surface area contributed by atoms with E-state index in [1.165, 1.54) is 0 Å². The van der Waals surface area contributed by atoms with Crippen LogP contribution in [-0.4, -0.2) is 58.8 Å². The second-order valence-corrected chi connectivity index (χ2v) is 4.69. The molecule has 18 heavy (non-hydrogen) atoms. The number of hydrogen-bond acceptors (Lipinski definition) is 5. The first-order valence-corrected chi connectivity index (χ1v) is 6.22. The Kier molecular flexibility index (Phi) is 4.33. The molecule has 2 rings (SSSR count). The van der Waals surface area contributed by atoms with Gasteiger partial charge in [-0.05, 0) is 6.92 Å². The van der Waals surface area contributed by atoms with Crippen molar-refractivity contribution in [1.29, 1.82) is 0 Å². The molecule has 0 aromatic carbocycles. The predicted molar refractivity (Wildman–Crippen MR) is 65.2 cm³/mol. The topological polar surface area (TPSA) is 69.8 Å². The van der Waals surface area contributed by atoms with Gasteiger partial charge in [-0.1, -0.05) is 5.16 Å². The quantitative estimate of drug-likeness (QED) is 0.827. The van der Waals surface area contributed by atoms with E-state index >= 15 is 0 Å². The molecule has 1 N–H and O–H groups in total. The molecule has 1 aliphatic heterocycles. The molecule has 0 atom stereocenters. The third kappa shape index (κ3) is 3.82. The number of aryl methyl sites for hydroxylation is 1. The minimum absolute atomic E-state index is 0.225. The van der Waals surface area contributed by atoms with Crippen molar-refractivity contribution in [2.24, 2.45) is 0 Å². The van der Waals surface area contributed by atoms with Gasteiger partial charge in [-0.25, -0.2) is 0 Å². The second kappa shape index (κ2) is 5.97. The molecule has 1 aliphatic rings. The van der Waals surface area contributed by atoms with E-state index in [1.807, 2.05) is 13.0 Å². The summed E-state index contributed by atoms with van der Waals surface area (Å²) in [5.41, 5.74) is 0.964. The molecule has 0 unspecified atom stereocenters. The fourth-order valence-electron chi connectivity index (χ4n) is 2.15. The van der Waals surface area contributed by atoms with E-state index in [1.54, 1.807) is 0 Å². The molecular weight excluding hydrogens is 234 g/mol. The average Bonchev–Trinajstić information content (AvgIpc) is 2.74. The zero-order chi connectivity index (χ0) is 13.0. The van der Waals surface area contributed by atoms with E-state index in [2.05, 4.69) is 15.0 Å². The fraction of sp³-hybridized carbons (Fsp3) is 0.667. The average molecular weight is 253 g/mol. The predicted octanol–water partition coefficient (Wildman–Crippen LogP) is 0.575. The summed E-state index contributed by atoms with van der Waals surface area (Å²) in [6.45, 7) is 7.09. The molecule has 2 heterocycles. The van der Waals surface area contributed by atoms with Crippen molar-refractivity contribution in [1.82, 2.24) is 15.0 Å². The lowest BCUT2D eigenvalue weighted by atomic mass is 10.2. The number of aliphatic carboxylic acids is 1. The van der Waals surface area contributed by atoms with Gasteiger partial charge in [-0.15, -0.1) is 0 Å². The molecule has 1 aromatic rings. The van der Waals surface area contributed by atoms with Crippen molar-refractivity contribution in [2.45, 2.75) is 19.9 Å². The number of aromatic nitrogens is 1. The molecule has 6 nitrogen and oxygen atoms in total. The van der Waals surface area contributed by atoms with Gasteiger partial charge < -0.3 is 14.5 Å². The van der Waals surface area contributed by atoms with Crippen molar-refractivity contribution in [3.63, 3.8) is 0 Å². The molecule has 6 heteroatoms. The van der Waals surface area contributed by atoms with Gasteiger partial charge in [0, 0.05) is 45.3 Å². The normalized spacial score (nSPS) is 18.1. The largest absolute Gasteiger partial charge is 0.481 e. The second-order valence-electron chi connectivity index (χ2n) is 4.69. The number of carbonyl (C=O) groups is 1. The molecule has 0 aliphatic carbocycles. The smallest absolute Gasteiger partial charge is 0.304 e. The molecule has 0 bridgehead atoms. The van der Waals surface area contributed by atoms with Gasteiger partial charge in [0.25, 0.3) is 0 Å². The van der Waals surface area contributed by atoms with Crippen molar-refractivity contribution in [2.75, 3.05) is 32.7 Å². The molecule has 1 fully saturated rings. The Morgan fingerprint density at radius 3 is 2.61 bits per heavy atom. The zero-order valence-electron chi connectivity index (χ0n) is 10.6. The highest BCUT2D eigenvalue weighted by Gasteiger charge is 2.18. The van der Waals surface area contributed by atoms with E-state index in [-0.39, 0.29) is 6.42 Å². The van der Waals surface area contributed by atoms with Gasteiger partial charge in [-0.2, -0.15) is 0 Å². The number of carboxylic acids is 1. The van der Waals surface area contributed by atoms with Crippen LogP contribution in [0.25, 0.3) is 0 Å². The molecule has 100 valence electrons. The summed E-state index contributed by atoms with van der Waals surface area (Å²) in [7, 11) is 0. The fourth-order valence-corrected chi connectivity index (χ4v) is 2.15. The third-order valence-corrected chi connectivity index (χ3v) is 3.17. The zero-order valence-corrected chi connectivity index (χ0v) is 10.6. The van der Waals surface area contributed by atoms with Crippen LogP contribution in [0.4, 0.5) is 0 Å². The first-order valence-electron chi connectivity index (χ1n) is 6.22. The summed E-state index contributed by atoms with van der Waals surface area (Å²) in [4.78, 5) is 15.0. The lowest BCUT2D eigenvalue weighted by Gasteiger charge is -2.33. The van der Waals surface area contributed by atoms with Crippen LogP contribution < -0.4 is 0 Å². The Morgan fingerprint density at radius 1 is 1.39 bits per heavy atom. The number of hydrogen-bond donors (Lipinski definition) is 1. The Balaban J connectivity index is 1.71. The number of carboxylic acid groups (broad SMARTS) is 1. The van der Waals surface area contributed by atoms with Crippen LogP contribution in [0.1, 0.15) is 17.9 Å². The van der Waals surface area contributed by atoms with Crippen LogP contribution in [0.2, 0.25) is 0 Å². The van der Waals surface area contributed by atoms with Crippen molar-refractivity contribution in [3.05, 3.63) is 17.5 Å². The van der Waals surface area contributed by atoms with Crippen LogP contribution in [0.5, 0.6) is 0 Å². The molecular formula is C12H19N3O3. The number of nitrogens with zero attached hydrogens (tertiary/aromatic N) is 3. The molecule has 1 saturated heterocycles. The Morgan fingerprint density at radius 2 is 2.06 bits per heavy atom. The first kappa shape index (κ1) is 13.0. The van der Waals surface area contributed by atoms with Crippen molar-refractivity contribution >= 4 is 5.97 Å². The van der Waals surface area contributed by atoms with Gasteiger partial charge >= 0.3 is 5.97 Å². The maximum Gasteiger partial charge on any atom is 0.304 e. The SMILES string of the molecule is Cc1cc(CN2CCN(CCC(=O)O)CC2)no1. The Bertz CT molecular complexity index is 397. The van der Waals surface area contributed by atoms with Crippen LogP contribution in [0.15, 0.2) is 10.6 Å². The van der Waals surface area contributed by atoms with Crippen LogP contribution >= 0.6 is 0 Å². The highest BCUT2D eigenvalue weighted by Crippen LogP contribution is 2.09. The van der Waals surface area contributed by atoms with Crippen LogP contribution in [-0.2, 0) is 11.3 Å². The molecule has 0 spiro atoms. The minimum Gasteiger partial charge on any atom is -0.481 e. The van der Waals surface area contributed by atoms with Gasteiger partial charge in [0.05, 0.1) is 12.1 Å². The molecule has 0 saturated carbocycles. The lowest BCUT2D eigenvalue weighted by Crippen LogP contribution is -2.46. The molecule has 1 aromatic heterocycles. The van der Waals surface area contributed by atoms with Crippen molar-refractivity contribution < 1.29 is 14.4 Å². The highest BCUT2D eigenvalue weighted by atomic mass is 16.5. The lowest BCUT2D eigenvalue weighted by molar-refractivity contribution is -0.137. The number of rotatable bonds is 5. The van der Waals surface area contributed by atoms with E-state index < -0.39 is 5.97 Å². The minimum atomic E-state index is -0.726. The van der Waals surface area contributed by atoms with E-state index in [0.29, 0.717) is 6.54 Å². The van der Waals surface area contributed by atoms with Crippen LogP contribution in [0, 0.1) is 6.92 Å².